The molecule has 0 spiro atoms. The average Bonchev–Trinajstić information content (AvgIpc) is 2.67. The summed E-state index contributed by atoms with van der Waals surface area (Å²) in [6.45, 7) is 8.08. The molecule has 2 aromatic rings. The molecule has 0 radical (unpaired) electrons. The number of carbonyl (C=O) groups excluding carboxylic acids is 2. The van der Waals surface area contributed by atoms with E-state index in [-0.39, 0.29) is 30.0 Å². The number of benzene rings is 2. The second-order valence-corrected chi connectivity index (χ2v) is 7.82. The summed E-state index contributed by atoms with van der Waals surface area (Å²) < 4.78 is 5.30. The third-order valence-electron chi connectivity index (χ3n) is 4.49. The maximum atomic E-state index is 12.2. The van der Waals surface area contributed by atoms with E-state index in [9.17, 15) is 19.7 Å². The van der Waals surface area contributed by atoms with Crippen molar-refractivity contribution < 1.29 is 19.2 Å². The summed E-state index contributed by atoms with van der Waals surface area (Å²) in [6, 6.07) is 13.3. The molecule has 0 heterocycles. The van der Waals surface area contributed by atoms with Crippen LogP contribution in [-0.4, -0.2) is 23.3 Å². The number of amides is 1. The molecule has 0 unspecified atom stereocenters. The number of hydrogen-bond donors (Lipinski definition) is 1. The van der Waals surface area contributed by atoms with Crippen LogP contribution in [0.2, 0.25) is 0 Å². The fourth-order valence-electron chi connectivity index (χ4n) is 2.72. The van der Waals surface area contributed by atoms with Gasteiger partial charge in [-0.25, -0.2) is 0 Å². The molecule has 1 N–H and O–H groups in total. The van der Waals surface area contributed by atoms with Gasteiger partial charge in [-0.2, -0.15) is 0 Å². The third-order valence-corrected chi connectivity index (χ3v) is 4.49. The van der Waals surface area contributed by atoms with Crippen molar-refractivity contribution in [2.45, 2.75) is 45.6 Å². The minimum Gasteiger partial charge on any atom is -0.458 e. The van der Waals surface area contributed by atoms with Crippen molar-refractivity contribution in [1.82, 2.24) is 5.32 Å². The number of non-ortho nitro benzene ring substituents is 1. The number of hydrogen-bond acceptors (Lipinski definition) is 5. The Bertz CT molecular complexity index is 885. The molecule has 0 aromatic heterocycles. The minimum atomic E-state index is -0.622. The Kier molecular flexibility index (Phi) is 7.09. The Labute approximate surface area is 170 Å². The van der Waals surface area contributed by atoms with Crippen LogP contribution in [0, 0.1) is 10.1 Å². The summed E-state index contributed by atoms with van der Waals surface area (Å²) in [5.41, 5.74) is 2.14. The van der Waals surface area contributed by atoms with E-state index in [1.54, 1.807) is 31.2 Å². The SMILES string of the molecule is C[C@H](OC(=O)CCNC(=O)c1ccc(C(C)(C)C)cc1)c1cccc([N+](=O)[O-])c1. The molecule has 7 nitrogen and oxygen atoms in total. The first-order chi connectivity index (χ1) is 13.6. The van der Waals surface area contributed by atoms with Gasteiger partial charge in [0.15, 0.2) is 0 Å². The Hall–Kier alpha value is -3.22. The molecule has 2 aromatic carbocycles. The van der Waals surface area contributed by atoms with Gasteiger partial charge in [-0.05, 0) is 35.6 Å². The molecule has 1 atom stereocenters. The highest BCUT2D eigenvalue weighted by molar-refractivity contribution is 5.94. The van der Waals surface area contributed by atoms with E-state index in [1.807, 2.05) is 12.1 Å². The molecular formula is C22H26N2O5. The summed E-state index contributed by atoms with van der Waals surface area (Å²) in [4.78, 5) is 34.6. The Morgan fingerprint density at radius 3 is 2.38 bits per heavy atom. The van der Waals surface area contributed by atoms with Gasteiger partial charge in [-0.1, -0.05) is 45.0 Å². The van der Waals surface area contributed by atoms with E-state index in [0.717, 1.165) is 5.56 Å². The Morgan fingerprint density at radius 1 is 1.14 bits per heavy atom. The average molecular weight is 398 g/mol. The largest absolute Gasteiger partial charge is 0.458 e. The lowest BCUT2D eigenvalue weighted by molar-refractivity contribution is -0.385. The van der Waals surface area contributed by atoms with Gasteiger partial charge in [-0.3, -0.25) is 19.7 Å². The number of carbonyl (C=O) groups is 2. The fraction of sp³-hybridized carbons (Fsp3) is 0.364. The van der Waals surface area contributed by atoms with Crippen molar-refractivity contribution in [2.75, 3.05) is 6.54 Å². The molecule has 29 heavy (non-hydrogen) atoms. The number of nitro benzene ring substituents is 1. The molecule has 0 aliphatic carbocycles. The van der Waals surface area contributed by atoms with E-state index < -0.39 is 17.0 Å². The van der Waals surface area contributed by atoms with E-state index in [2.05, 4.69) is 26.1 Å². The molecule has 0 aliphatic heterocycles. The number of nitrogens with one attached hydrogen (secondary N) is 1. The molecule has 2 rings (SSSR count). The van der Waals surface area contributed by atoms with E-state index in [1.165, 1.54) is 12.1 Å². The van der Waals surface area contributed by atoms with Gasteiger partial charge in [0.2, 0.25) is 0 Å². The third kappa shape index (κ3) is 6.41. The second-order valence-electron chi connectivity index (χ2n) is 7.82. The zero-order valence-electron chi connectivity index (χ0n) is 17.1. The summed E-state index contributed by atoms with van der Waals surface area (Å²) in [5.74, 6) is -0.752. The summed E-state index contributed by atoms with van der Waals surface area (Å²) in [5, 5.41) is 13.5. The fourth-order valence-corrected chi connectivity index (χ4v) is 2.72. The summed E-state index contributed by atoms with van der Waals surface area (Å²) >= 11 is 0. The van der Waals surface area contributed by atoms with Gasteiger partial charge in [0.25, 0.3) is 11.6 Å². The first-order valence-corrected chi connectivity index (χ1v) is 9.40. The normalized spacial score (nSPS) is 12.1. The molecular weight excluding hydrogens is 372 g/mol. The van der Waals surface area contributed by atoms with Crippen LogP contribution < -0.4 is 5.32 Å². The zero-order valence-corrected chi connectivity index (χ0v) is 17.1. The van der Waals surface area contributed by atoms with E-state index in [0.29, 0.717) is 11.1 Å². The molecule has 0 fully saturated rings. The van der Waals surface area contributed by atoms with Crippen LogP contribution in [0.5, 0.6) is 0 Å². The van der Waals surface area contributed by atoms with Crippen molar-refractivity contribution in [3.63, 3.8) is 0 Å². The summed E-state index contributed by atoms with van der Waals surface area (Å²) in [6.07, 6.45) is -0.617. The number of rotatable bonds is 7. The zero-order chi connectivity index (χ0) is 21.6. The number of nitrogens with zero attached hydrogens (tertiary/aromatic N) is 1. The van der Waals surface area contributed by atoms with Gasteiger partial charge in [0.1, 0.15) is 6.10 Å². The van der Waals surface area contributed by atoms with Gasteiger partial charge < -0.3 is 10.1 Å². The van der Waals surface area contributed by atoms with Crippen molar-refractivity contribution in [3.8, 4) is 0 Å². The molecule has 0 bridgehead atoms. The monoisotopic (exact) mass is 398 g/mol. The summed E-state index contributed by atoms with van der Waals surface area (Å²) in [7, 11) is 0. The molecule has 0 saturated carbocycles. The smallest absolute Gasteiger partial charge is 0.308 e. The number of nitro groups is 1. The Morgan fingerprint density at radius 2 is 1.79 bits per heavy atom. The quantitative estimate of drug-likeness (QED) is 0.425. The van der Waals surface area contributed by atoms with Crippen LogP contribution in [0.1, 0.15) is 61.7 Å². The molecule has 1 amide bonds. The predicted molar refractivity (Wildman–Crippen MR) is 110 cm³/mol. The number of esters is 1. The van der Waals surface area contributed by atoms with Crippen molar-refractivity contribution in [1.29, 1.82) is 0 Å². The van der Waals surface area contributed by atoms with Crippen LogP contribution in [0.3, 0.4) is 0 Å². The standard InChI is InChI=1S/C22H26N2O5/c1-15(17-6-5-7-19(14-17)24(27)28)29-20(25)12-13-23-21(26)16-8-10-18(11-9-16)22(2,3)4/h5-11,14-15H,12-13H2,1-4H3,(H,23,26)/t15-/m0/s1. The van der Waals surface area contributed by atoms with Crippen molar-refractivity contribution in [3.05, 3.63) is 75.3 Å². The first-order valence-electron chi connectivity index (χ1n) is 9.40. The van der Waals surface area contributed by atoms with Gasteiger partial charge in [-0.15, -0.1) is 0 Å². The first kappa shape index (κ1) is 22.1. The lowest BCUT2D eigenvalue weighted by Gasteiger charge is -2.19. The van der Waals surface area contributed by atoms with Crippen LogP contribution in [0.15, 0.2) is 48.5 Å². The van der Waals surface area contributed by atoms with Gasteiger partial charge >= 0.3 is 5.97 Å². The minimum absolute atomic E-state index is 0.00504. The van der Waals surface area contributed by atoms with Crippen LogP contribution in [-0.2, 0) is 14.9 Å². The topological polar surface area (TPSA) is 98.5 Å². The van der Waals surface area contributed by atoms with Crippen molar-refractivity contribution in [2.24, 2.45) is 0 Å². The van der Waals surface area contributed by atoms with E-state index in [4.69, 9.17) is 4.74 Å². The van der Waals surface area contributed by atoms with E-state index >= 15 is 0 Å². The highest BCUT2D eigenvalue weighted by Gasteiger charge is 2.16. The van der Waals surface area contributed by atoms with Crippen LogP contribution in [0.4, 0.5) is 5.69 Å². The lowest BCUT2D eigenvalue weighted by Crippen LogP contribution is -2.27. The van der Waals surface area contributed by atoms with Gasteiger partial charge in [0.05, 0.1) is 11.3 Å². The highest BCUT2D eigenvalue weighted by atomic mass is 16.6. The molecule has 154 valence electrons. The van der Waals surface area contributed by atoms with Crippen LogP contribution in [0.25, 0.3) is 0 Å². The predicted octanol–water partition coefficient (Wildman–Crippen LogP) is 4.32. The molecule has 7 heteroatoms. The maximum absolute atomic E-state index is 12.2. The Balaban J connectivity index is 1.82. The maximum Gasteiger partial charge on any atom is 0.308 e. The van der Waals surface area contributed by atoms with Crippen molar-refractivity contribution >= 4 is 17.6 Å². The number of ether oxygens (including phenoxy) is 1. The van der Waals surface area contributed by atoms with Gasteiger partial charge in [0, 0.05) is 24.2 Å². The molecule has 0 aliphatic rings. The highest BCUT2D eigenvalue weighted by Crippen LogP contribution is 2.23. The lowest BCUT2D eigenvalue weighted by atomic mass is 9.87. The molecule has 0 saturated heterocycles. The van der Waals surface area contributed by atoms with Crippen LogP contribution >= 0.6 is 0 Å². The second kappa shape index (κ2) is 9.32.